The summed E-state index contributed by atoms with van der Waals surface area (Å²) in [7, 11) is 0. The molecule has 2 fully saturated rings. The molecule has 1 saturated heterocycles. The Bertz CT molecular complexity index is 161. The Morgan fingerprint density at radius 1 is 1.25 bits per heavy atom. The SMILES string of the molecule is O=C[C@@H]1O[C@@H]1CC1CCCCC1. The fourth-order valence-electron chi connectivity index (χ4n) is 2.22. The second kappa shape index (κ2) is 3.56. The van der Waals surface area contributed by atoms with Gasteiger partial charge in [-0.25, -0.2) is 0 Å². The van der Waals surface area contributed by atoms with E-state index in [1.54, 1.807) is 0 Å². The highest BCUT2D eigenvalue weighted by atomic mass is 16.6. The van der Waals surface area contributed by atoms with Crippen LogP contribution in [0.2, 0.25) is 0 Å². The molecule has 0 radical (unpaired) electrons. The van der Waals surface area contributed by atoms with Gasteiger partial charge in [0, 0.05) is 0 Å². The van der Waals surface area contributed by atoms with Crippen LogP contribution in [-0.2, 0) is 9.53 Å². The third-order valence-electron chi connectivity index (χ3n) is 3.05. The first-order valence-corrected chi connectivity index (χ1v) is 5.01. The molecule has 2 rings (SSSR count). The lowest BCUT2D eigenvalue weighted by Gasteiger charge is -2.20. The number of epoxide rings is 1. The maximum absolute atomic E-state index is 10.3. The zero-order valence-corrected chi connectivity index (χ0v) is 7.37. The van der Waals surface area contributed by atoms with Crippen molar-refractivity contribution in [2.24, 2.45) is 5.92 Å². The first-order chi connectivity index (χ1) is 5.90. The van der Waals surface area contributed by atoms with Gasteiger partial charge in [0.05, 0.1) is 6.10 Å². The van der Waals surface area contributed by atoms with Crippen molar-refractivity contribution in [2.45, 2.75) is 50.7 Å². The van der Waals surface area contributed by atoms with Crippen molar-refractivity contribution in [3.05, 3.63) is 0 Å². The van der Waals surface area contributed by atoms with Gasteiger partial charge in [-0.05, 0) is 12.3 Å². The third-order valence-corrected chi connectivity index (χ3v) is 3.05. The van der Waals surface area contributed by atoms with Crippen LogP contribution in [0.1, 0.15) is 38.5 Å². The maximum Gasteiger partial charge on any atom is 0.151 e. The van der Waals surface area contributed by atoms with Crippen LogP contribution in [0, 0.1) is 5.92 Å². The van der Waals surface area contributed by atoms with Crippen LogP contribution in [0.3, 0.4) is 0 Å². The standard InChI is InChI=1S/C10H16O2/c11-7-10-9(12-10)6-8-4-2-1-3-5-8/h7-10H,1-6H2/t9-,10+/m1/s1. The molecule has 2 heteroatoms. The molecule has 2 aliphatic rings. The van der Waals surface area contributed by atoms with E-state index in [-0.39, 0.29) is 12.2 Å². The predicted molar refractivity (Wildman–Crippen MR) is 45.9 cm³/mol. The average Bonchev–Trinajstić information content (AvgIpc) is 2.85. The highest BCUT2D eigenvalue weighted by molar-refractivity contribution is 5.60. The fourth-order valence-corrected chi connectivity index (χ4v) is 2.22. The lowest BCUT2D eigenvalue weighted by atomic mass is 9.86. The molecule has 1 aliphatic heterocycles. The van der Waals surface area contributed by atoms with E-state index >= 15 is 0 Å². The van der Waals surface area contributed by atoms with E-state index < -0.39 is 0 Å². The molecule has 1 aliphatic carbocycles. The van der Waals surface area contributed by atoms with Gasteiger partial charge in [0.25, 0.3) is 0 Å². The molecule has 2 atom stereocenters. The van der Waals surface area contributed by atoms with Crippen molar-refractivity contribution >= 4 is 6.29 Å². The molecule has 0 aromatic carbocycles. The Morgan fingerprint density at radius 3 is 2.58 bits per heavy atom. The van der Waals surface area contributed by atoms with Crippen LogP contribution < -0.4 is 0 Å². The molecule has 1 heterocycles. The largest absolute Gasteiger partial charge is 0.362 e. The average molecular weight is 168 g/mol. The molecular formula is C10H16O2. The summed E-state index contributed by atoms with van der Waals surface area (Å²) in [5, 5.41) is 0. The topological polar surface area (TPSA) is 29.6 Å². The molecule has 0 unspecified atom stereocenters. The van der Waals surface area contributed by atoms with Gasteiger partial charge in [0.2, 0.25) is 0 Å². The van der Waals surface area contributed by atoms with Crippen molar-refractivity contribution in [3.63, 3.8) is 0 Å². The number of rotatable bonds is 3. The minimum atomic E-state index is -0.0491. The summed E-state index contributed by atoms with van der Waals surface area (Å²) in [6, 6.07) is 0. The van der Waals surface area contributed by atoms with Gasteiger partial charge in [0.1, 0.15) is 6.10 Å². The molecule has 0 spiro atoms. The number of ether oxygens (including phenoxy) is 1. The van der Waals surface area contributed by atoms with Gasteiger partial charge < -0.3 is 9.53 Å². The molecule has 2 nitrogen and oxygen atoms in total. The molecule has 0 amide bonds. The van der Waals surface area contributed by atoms with Gasteiger partial charge in [-0.1, -0.05) is 32.1 Å². The predicted octanol–water partition coefficient (Wildman–Crippen LogP) is 1.92. The normalized spacial score (nSPS) is 36.3. The quantitative estimate of drug-likeness (QED) is 0.476. The summed E-state index contributed by atoms with van der Waals surface area (Å²) in [6.07, 6.45) is 9.16. The van der Waals surface area contributed by atoms with E-state index in [2.05, 4.69) is 0 Å². The number of carbonyl (C=O) groups is 1. The van der Waals surface area contributed by atoms with Crippen molar-refractivity contribution < 1.29 is 9.53 Å². The van der Waals surface area contributed by atoms with E-state index in [0.29, 0.717) is 0 Å². The number of hydrogen-bond acceptors (Lipinski definition) is 2. The van der Waals surface area contributed by atoms with E-state index in [4.69, 9.17) is 4.74 Å². The maximum atomic E-state index is 10.3. The lowest BCUT2D eigenvalue weighted by Crippen LogP contribution is -2.10. The summed E-state index contributed by atoms with van der Waals surface area (Å²) in [6.45, 7) is 0. The first-order valence-electron chi connectivity index (χ1n) is 5.01. The summed E-state index contributed by atoms with van der Waals surface area (Å²) >= 11 is 0. The molecule has 12 heavy (non-hydrogen) atoms. The van der Waals surface area contributed by atoms with Crippen molar-refractivity contribution in [2.75, 3.05) is 0 Å². The van der Waals surface area contributed by atoms with E-state index in [1.807, 2.05) is 0 Å². The summed E-state index contributed by atoms with van der Waals surface area (Å²) in [5.41, 5.74) is 0. The van der Waals surface area contributed by atoms with Crippen LogP contribution in [0.5, 0.6) is 0 Å². The van der Waals surface area contributed by atoms with Gasteiger partial charge >= 0.3 is 0 Å². The van der Waals surface area contributed by atoms with Crippen molar-refractivity contribution in [1.82, 2.24) is 0 Å². The minimum absolute atomic E-state index is 0.0491. The Labute approximate surface area is 73.3 Å². The first kappa shape index (κ1) is 8.24. The summed E-state index contributed by atoms with van der Waals surface area (Å²) in [4.78, 5) is 10.3. The monoisotopic (exact) mass is 168 g/mol. The Balaban J connectivity index is 1.69. The van der Waals surface area contributed by atoms with Crippen LogP contribution in [0.4, 0.5) is 0 Å². The molecule has 0 aromatic heterocycles. The Kier molecular flexibility index (Phi) is 2.45. The summed E-state index contributed by atoms with van der Waals surface area (Å²) in [5.74, 6) is 0.841. The highest BCUT2D eigenvalue weighted by Gasteiger charge is 2.39. The zero-order valence-electron chi connectivity index (χ0n) is 7.37. The molecular weight excluding hydrogens is 152 g/mol. The minimum Gasteiger partial charge on any atom is -0.362 e. The van der Waals surface area contributed by atoms with Crippen LogP contribution in [-0.4, -0.2) is 18.5 Å². The van der Waals surface area contributed by atoms with E-state index in [1.165, 1.54) is 32.1 Å². The highest BCUT2D eigenvalue weighted by Crippen LogP contribution is 2.34. The smallest absolute Gasteiger partial charge is 0.151 e. The van der Waals surface area contributed by atoms with Gasteiger partial charge in [-0.15, -0.1) is 0 Å². The van der Waals surface area contributed by atoms with Gasteiger partial charge in [-0.2, -0.15) is 0 Å². The molecule has 68 valence electrons. The van der Waals surface area contributed by atoms with E-state index in [0.717, 1.165) is 18.6 Å². The second-order valence-corrected chi connectivity index (χ2v) is 4.01. The van der Waals surface area contributed by atoms with Crippen molar-refractivity contribution in [3.8, 4) is 0 Å². The fraction of sp³-hybridized carbons (Fsp3) is 0.900. The number of aldehydes is 1. The van der Waals surface area contributed by atoms with Crippen LogP contribution >= 0.6 is 0 Å². The Hall–Kier alpha value is -0.370. The Morgan fingerprint density at radius 2 is 2.00 bits per heavy atom. The van der Waals surface area contributed by atoms with Gasteiger partial charge in [-0.3, -0.25) is 0 Å². The summed E-state index contributed by atoms with van der Waals surface area (Å²) < 4.78 is 5.20. The molecule has 0 aromatic rings. The number of hydrogen-bond donors (Lipinski definition) is 0. The van der Waals surface area contributed by atoms with Gasteiger partial charge in [0.15, 0.2) is 6.29 Å². The molecule has 1 saturated carbocycles. The third kappa shape index (κ3) is 1.86. The second-order valence-electron chi connectivity index (χ2n) is 4.01. The van der Waals surface area contributed by atoms with E-state index in [9.17, 15) is 4.79 Å². The molecule has 0 bridgehead atoms. The van der Waals surface area contributed by atoms with Crippen LogP contribution in [0.15, 0.2) is 0 Å². The van der Waals surface area contributed by atoms with Crippen molar-refractivity contribution in [1.29, 1.82) is 0 Å². The lowest BCUT2D eigenvalue weighted by molar-refractivity contribution is -0.108. The van der Waals surface area contributed by atoms with Crippen LogP contribution in [0.25, 0.3) is 0 Å². The zero-order chi connectivity index (χ0) is 8.39. The number of carbonyl (C=O) groups excluding carboxylic acids is 1. The molecule has 0 N–H and O–H groups in total.